The fraction of sp³-hybridized carbons (Fsp3) is 0.0968. The molecule has 35 heavy (non-hydrogen) atoms. The van der Waals surface area contributed by atoms with Crippen LogP contribution in [0.3, 0.4) is 0 Å². The minimum Gasteiger partial charge on any atom is -0.489 e. The Morgan fingerprint density at radius 2 is 0.971 bits per heavy atom. The zero-order valence-corrected chi connectivity index (χ0v) is 19.3. The maximum absolute atomic E-state index is 6.07. The Morgan fingerprint density at radius 3 is 1.43 bits per heavy atom. The molecule has 2 N–H and O–H groups in total. The number of ether oxygens (including phenoxy) is 2. The van der Waals surface area contributed by atoms with E-state index < -0.39 is 0 Å². The summed E-state index contributed by atoms with van der Waals surface area (Å²) >= 11 is 0. The molecule has 0 radical (unpaired) electrons. The third kappa shape index (κ3) is 4.64. The molecular weight excluding hydrogens is 432 g/mol. The number of aromatic amines is 2. The summed E-state index contributed by atoms with van der Waals surface area (Å²) < 4.78 is 12.1. The van der Waals surface area contributed by atoms with Crippen LogP contribution in [0.25, 0.3) is 21.8 Å². The highest BCUT2D eigenvalue weighted by molar-refractivity contribution is 5.88. The van der Waals surface area contributed by atoms with Gasteiger partial charge in [0, 0.05) is 40.6 Å². The van der Waals surface area contributed by atoms with Crippen LogP contribution in [-0.4, -0.2) is 9.97 Å². The maximum atomic E-state index is 6.07. The van der Waals surface area contributed by atoms with Crippen LogP contribution in [0.15, 0.2) is 109 Å². The average molecular weight is 459 g/mol. The molecule has 0 aliphatic heterocycles. The van der Waals surface area contributed by atoms with Crippen LogP contribution in [-0.2, 0) is 19.6 Å². The van der Waals surface area contributed by atoms with E-state index in [0.717, 1.165) is 40.1 Å². The summed E-state index contributed by atoms with van der Waals surface area (Å²) in [6, 6.07) is 33.0. The van der Waals surface area contributed by atoms with Gasteiger partial charge in [0.15, 0.2) is 0 Å². The zero-order chi connectivity index (χ0) is 23.5. The van der Waals surface area contributed by atoms with Crippen molar-refractivity contribution in [3.8, 4) is 11.5 Å². The number of aromatic nitrogens is 2. The van der Waals surface area contributed by atoms with Gasteiger partial charge in [-0.15, -0.1) is 0 Å². The molecule has 0 atom stereocenters. The smallest absolute Gasteiger partial charge is 0.120 e. The molecule has 0 saturated heterocycles. The first-order valence-corrected chi connectivity index (χ1v) is 11.9. The van der Waals surface area contributed by atoms with Crippen molar-refractivity contribution in [2.24, 2.45) is 0 Å². The van der Waals surface area contributed by atoms with Crippen LogP contribution in [0.5, 0.6) is 11.5 Å². The van der Waals surface area contributed by atoms with Crippen molar-refractivity contribution in [3.63, 3.8) is 0 Å². The lowest BCUT2D eigenvalue weighted by molar-refractivity contribution is 0.306. The predicted octanol–water partition coefficient (Wildman–Crippen LogP) is 7.40. The van der Waals surface area contributed by atoms with Gasteiger partial charge in [-0.05, 0) is 58.7 Å². The summed E-state index contributed by atoms with van der Waals surface area (Å²) in [6.45, 7) is 1.11. The molecule has 0 bridgehead atoms. The van der Waals surface area contributed by atoms with E-state index in [1.807, 2.05) is 48.5 Å². The Morgan fingerprint density at radius 1 is 0.514 bits per heavy atom. The minimum atomic E-state index is 0.556. The van der Waals surface area contributed by atoms with Crippen molar-refractivity contribution in [1.82, 2.24) is 9.97 Å². The van der Waals surface area contributed by atoms with Crippen LogP contribution in [0.2, 0.25) is 0 Å². The lowest BCUT2D eigenvalue weighted by atomic mass is 10.0. The van der Waals surface area contributed by atoms with E-state index >= 15 is 0 Å². The molecule has 2 aromatic heterocycles. The van der Waals surface area contributed by atoms with E-state index in [-0.39, 0.29) is 0 Å². The molecule has 6 aromatic rings. The highest BCUT2D eigenvalue weighted by Gasteiger charge is 2.11. The summed E-state index contributed by atoms with van der Waals surface area (Å²) in [5.41, 5.74) is 7.01. The summed E-state index contributed by atoms with van der Waals surface area (Å²) in [5.74, 6) is 1.75. The second-order valence-electron chi connectivity index (χ2n) is 8.77. The molecule has 0 amide bonds. The predicted molar refractivity (Wildman–Crippen MR) is 141 cm³/mol. The van der Waals surface area contributed by atoms with E-state index in [1.54, 1.807) is 0 Å². The number of hydrogen-bond donors (Lipinski definition) is 2. The molecule has 0 aliphatic carbocycles. The Balaban J connectivity index is 1.22. The molecule has 4 heteroatoms. The number of nitrogens with one attached hydrogen (secondary N) is 2. The van der Waals surface area contributed by atoms with E-state index in [2.05, 4.69) is 70.9 Å². The highest BCUT2D eigenvalue weighted by Crippen LogP contribution is 2.30. The topological polar surface area (TPSA) is 50.0 Å². The van der Waals surface area contributed by atoms with Gasteiger partial charge in [-0.3, -0.25) is 0 Å². The molecule has 0 fully saturated rings. The van der Waals surface area contributed by atoms with E-state index in [9.17, 15) is 0 Å². The molecule has 0 saturated carbocycles. The maximum Gasteiger partial charge on any atom is 0.120 e. The molecule has 0 aliphatic rings. The van der Waals surface area contributed by atoms with Gasteiger partial charge in [0.1, 0.15) is 24.7 Å². The second kappa shape index (κ2) is 9.43. The number of H-pyrrole nitrogens is 2. The molecule has 4 nitrogen and oxygen atoms in total. The lowest BCUT2D eigenvalue weighted by Crippen LogP contribution is -1.95. The Kier molecular flexibility index (Phi) is 5.69. The van der Waals surface area contributed by atoms with Crippen molar-refractivity contribution in [2.45, 2.75) is 19.6 Å². The summed E-state index contributed by atoms with van der Waals surface area (Å²) in [5, 5.41) is 2.36. The highest BCUT2D eigenvalue weighted by atomic mass is 16.5. The fourth-order valence-electron chi connectivity index (χ4n) is 4.47. The number of rotatable bonds is 8. The molecule has 2 heterocycles. The van der Waals surface area contributed by atoms with Gasteiger partial charge in [0.2, 0.25) is 0 Å². The van der Waals surface area contributed by atoms with Gasteiger partial charge < -0.3 is 19.4 Å². The first-order valence-electron chi connectivity index (χ1n) is 11.9. The Hall–Kier alpha value is -4.44. The monoisotopic (exact) mass is 458 g/mol. The summed E-state index contributed by atoms with van der Waals surface area (Å²) in [7, 11) is 0. The van der Waals surface area contributed by atoms with Crippen molar-refractivity contribution in [2.75, 3.05) is 0 Å². The number of fused-ring (bicyclic) bond motifs is 2. The van der Waals surface area contributed by atoms with Gasteiger partial charge in [-0.2, -0.15) is 0 Å². The Bertz CT molecular complexity index is 1450. The average Bonchev–Trinajstić information content (AvgIpc) is 3.51. The number of hydrogen-bond acceptors (Lipinski definition) is 2. The van der Waals surface area contributed by atoms with Gasteiger partial charge >= 0.3 is 0 Å². The lowest BCUT2D eigenvalue weighted by Gasteiger charge is -2.08. The van der Waals surface area contributed by atoms with Crippen LogP contribution in [0.4, 0.5) is 0 Å². The fourth-order valence-corrected chi connectivity index (χ4v) is 4.47. The molecule has 6 rings (SSSR count). The van der Waals surface area contributed by atoms with E-state index in [1.165, 1.54) is 21.9 Å². The van der Waals surface area contributed by atoms with Gasteiger partial charge in [-0.1, -0.05) is 60.7 Å². The van der Waals surface area contributed by atoms with Gasteiger partial charge in [-0.25, -0.2) is 0 Å². The Labute approximate surface area is 204 Å². The van der Waals surface area contributed by atoms with Crippen molar-refractivity contribution in [1.29, 1.82) is 0 Å². The first-order chi connectivity index (χ1) is 17.3. The molecule has 0 unspecified atom stereocenters. The van der Waals surface area contributed by atoms with Crippen LogP contribution in [0, 0.1) is 0 Å². The SMILES string of the molecule is c1ccc(COc2ccc3[nH]cc(Cc4c[nH]c5ccc(OCc6ccccc6)cc45)c3c2)cc1. The first kappa shape index (κ1) is 21.1. The van der Waals surface area contributed by atoms with Crippen molar-refractivity contribution >= 4 is 21.8 Å². The zero-order valence-electron chi connectivity index (χ0n) is 19.3. The van der Waals surface area contributed by atoms with Gasteiger partial charge in [0.25, 0.3) is 0 Å². The molecule has 4 aromatic carbocycles. The molecule has 172 valence electrons. The van der Waals surface area contributed by atoms with Crippen LogP contribution in [0.1, 0.15) is 22.3 Å². The summed E-state index contributed by atoms with van der Waals surface area (Å²) in [4.78, 5) is 6.82. The van der Waals surface area contributed by atoms with Crippen LogP contribution >= 0.6 is 0 Å². The third-order valence-electron chi connectivity index (χ3n) is 6.36. The third-order valence-corrected chi connectivity index (χ3v) is 6.36. The standard InChI is InChI=1S/C31H26N2O2/c1-3-7-22(8-4-1)20-34-26-11-13-30-28(16-26)24(18-32-30)15-25-19-33-31-14-12-27(17-29(25)31)35-21-23-9-5-2-6-10-23/h1-14,16-19,32-33H,15,20-21H2. The van der Waals surface area contributed by atoms with Crippen molar-refractivity contribution < 1.29 is 9.47 Å². The molecule has 0 spiro atoms. The quantitative estimate of drug-likeness (QED) is 0.250. The number of benzene rings is 4. The largest absolute Gasteiger partial charge is 0.489 e. The summed E-state index contributed by atoms with van der Waals surface area (Å²) in [6.07, 6.45) is 5.00. The van der Waals surface area contributed by atoms with Crippen LogP contribution < -0.4 is 9.47 Å². The van der Waals surface area contributed by atoms with Crippen molar-refractivity contribution in [3.05, 3.63) is 132 Å². The normalized spacial score (nSPS) is 11.2. The minimum absolute atomic E-state index is 0.556. The van der Waals surface area contributed by atoms with E-state index in [4.69, 9.17) is 9.47 Å². The second-order valence-corrected chi connectivity index (χ2v) is 8.77. The van der Waals surface area contributed by atoms with Gasteiger partial charge in [0.05, 0.1) is 0 Å². The van der Waals surface area contributed by atoms with E-state index in [0.29, 0.717) is 13.2 Å². The molecular formula is C31H26N2O2.